The first kappa shape index (κ1) is 13.9. The molecule has 0 saturated heterocycles. The van der Waals surface area contributed by atoms with E-state index in [0.29, 0.717) is 11.8 Å². The van der Waals surface area contributed by atoms with Gasteiger partial charge in [-0.1, -0.05) is 37.8 Å². The van der Waals surface area contributed by atoms with Gasteiger partial charge in [-0.25, -0.2) is 0 Å². The highest BCUT2D eigenvalue weighted by Crippen LogP contribution is 2.39. The van der Waals surface area contributed by atoms with Crippen molar-refractivity contribution >= 4 is 11.6 Å². The van der Waals surface area contributed by atoms with E-state index in [9.17, 15) is 0 Å². The summed E-state index contributed by atoms with van der Waals surface area (Å²) < 4.78 is 2.10. The Kier molecular flexibility index (Phi) is 5.07. The van der Waals surface area contributed by atoms with E-state index in [1.807, 2.05) is 0 Å². The molecular weight excluding hydrogens is 246 g/mol. The van der Waals surface area contributed by atoms with Crippen LogP contribution in [0.15, 0.2) is 6.20 Å². The molecule has 1 aromatic heterocycles. The summed E-state index contributed by atoms with van der Waals surface area (Å²) in [5.74, 6) is 1.07. The van der Waals surface area contributed by atoms with Crippen LogP contribution in [0.2, 0.25) is 5.02 Å². The first-order chi connectivity index (χ1) is 8.77. The summed E-state index contributed by atoms with van der Waals surface area (Å²) in [5, 5.41) is 5.25. The summed E-state index contributed by atoms with van der Waals surface area (Å²) in [6.45, 7) is 3.89. The summed E-state index contributed by atoms with van der Waals surface area (Å²) in [4.78, 5) is 0. The van der Waals surface area contributed by atoms with Crippen LogP contribution < -0.4 is 5.73 Å². The molecule has 2 atom stereocenters. The molecule has 1 heterocycles. The average Bonchev–Trinajstić information content (AvgIpc) is 2.61. The van der Waals surface area contributed by atoms with Gasteiger partial charge in [0.15, 0.2) is 0 Å². The molecule has 2 unspecified atom stereocenters. The molecule has 0 aliphatic heterocycles. The minimum Gasteiger partial charge on any atom is -0.330 e. The van der Waals surface area contributed by atoms with Crippen molar-refractivity contribution in [3.8, 4) is 0 Å². The fourth-order valence-corrected chi connectivity index (χ4v) is 3.44. The second-order valence-electron chi connectivity index (χ2n) is 5.34. The molecular formula is C14H24ClN3. The third-order valence-corrected chi connectivity index (χ3v) is 4.37. The SMILES string of the molecule is CCCn1ncc(Cl)c1C1CCCCCC1CN. The third-order valence-electron chi connectivity index (χ3n) is 4.08. The van der Waals surface area contributed by atoms with Gasteiger partial charge in [-0.3, -0.25) is 4.68 Å². The van der Waals surface area contributed by atoms with Crippen LogP contribution in [0.25, 0.3) is 0 Å². The third kappa shape index (κ3) is 2.89. The fraction of sp³-hybridized carbons (Fsp3) is 0.786. The number of rotatable bonds is 4. The van der Waals surface area contributed by atoms with Crippen LogP contribution in [0.4, 0.5) is 0 Å². The lowest BCUT2D eigenvalue weighted by atomic mass is 9.85. The molecule has 0 radical (unpaired) electrons. The number of aryl methyl sites for hydroxylation is 1. The van der Waals surface area contributed by atoms with E-state index in [1.165, 1.54) is 37.8 Å². The van der Waals surface area contributed by atoms with Crippen molar-refractivity contribution in [1.82, 2.24) is 9.78 Å². The van der Waals surface area contributed by atoms with Crippen molar-refractivity contribution in [1.29, 1.82) is 0 Å². The monoisotopic (exact) mass is 269 g/mol. The first-order valence-electron chi connectivity index (χ1n) is 7.19. The van der Waals surface area contributed by atoms with Gasteiger partial charge in [0.25, 0.3) is 0 Å². The molecule has 1 fully saturated rings. The van der Waals surface area contributed by atoms with Gasteiger partial charge in [0.1, 0.15) is 0 Å². The maximum Gasteiger partial charge on any atom is 0.0820 e. The van der Waals surface area contributed by atoms with Gasteiger partial charge in [-0.15, -0.1) is 0 Å². The Morgan fingerprint density at radius 3 is 2.89 bits per heavy atom. The Balaban J connectivity index is 2.28. The van der Waals surface area contributed by atoms with E-state index in [2.05, 4.69) is 16.7 Å². The minimum atomic E-state index is 0.499. The van der Waals surface area contributed by atoms with E-state index in [-0.39, 0.29) is 0 Å². The zero-order valence-electron chi connectivity index (χ0n) is 11.2. The number of hydrogen-bond donors (Lipinski definition) is 1. The van der Waals surface area contributed by atoms with Gasteiger partial charge in [0.05, 0.1) is 16.9 Å². The van der Waals surface area contributed by atoms with Gasteiger partial charge in [0, 0.05) is 12.5 Å². The van der Waals surface area contributed by atoms with E-state index in [1.54, 1.807) is 6.20 Å². The van der Waals surface area contributed by atoms with Gasteiger partial charge in [0.2, 0.25) is 0 Å². The van der Waals surface area contributed by atoms with Gasteiger partial charge in [-0.2, -0.15) is 5.10 Å². The predicted molar refractivity (Wildman–Crippen MR) is 75.9 cm³/mol. The number of hydrogen-bond acceptors (Lipinski definition) is 2. The smallest absolute Gasteiger partial charge is 0.0820 e. The maximum absolute atomic E-state index is 6.37. The minimum absolute atomic E-state index is 0.499. The van der Waals surface area contributed by atoms with Crippen LogP contribution >= 0.6 is 11.6 Å². The summed E-state index contributed by atoms with van der Waals surface area (Å²) in [7, 11) is 0. The lowest BCUT2D eigenvalue weighted by Crippen LogP contribution is -2.23. The molecule has 2 N–H and O–H groups in total. The van der Waals surface area contributed by atoms with Crippen molar-refractivity contribution < 1.29 is 0 Å². The molecule has 0 amide bonds. The van der Waals surface area contributed by atoms with Crippen LogP contribution in [0, 0.1) is 5.92 Å². The number of nitrogens with two attached hydrogens (primary N) is 1. The Bertz CT molecular complexity index is 375. The number of aromatic nitrogens is 2. The molecule has 4 heteroatoms. The molecule has 18 heavy (non-hydrogen) atoms. The number of nitrogens with zero attached hydrogens (tertiary/aromatic N) is 2. The van der Waals surface area contributed by atoms with Crippen LogP contribution in [0.5, 0.6) is 0 Å². The topological polar surface area (TPSA) is 43.8 Å². The second-order valence-corrected chi connectivity index (χ2v) is 5.75. The summed E-state index contributed by atoms with van der Waals surface area (Å²) in [6.07, 6.45) is 9.24. The standard InChI is InChI=1S/C14H24ClN3/c1-2-8-18-14(13(15)10-17-18)12-7-5-3-4-6-11(12)9-16/h10-12H,2-9,16H2,1H3. The summed E-state index contributed by atoms with van der Waals surface area (Å²) in [5.41, 5.74) is 7.20. The molecule has 2 rings (SSSR count). The molecule has 1 aliphatic carbocycles. The van der Waals surface area contributed by atoms with Crippen molar-refractivity contribution in [3.63, 3.8) is 0 Å². The second kappa shape index (κ2) is 6.58. The van der Waals surface area contributed by atoms with Crippen molar-refractivity contribution in [2.75, 3.05) is 6.54 Å². The predicted octanol–water partition coefficient (Wildman–Crippen LogP) is 3.57. The van der Waals surface area contributed by atoms with Crippen molar-refractivity contribution in [2.45, 2.75) is 57.9 Å². The lowest BCUT2D eigenvalue weighted by molar-refractivity contribution is 0.382. The van der Waals surface area contributed by atoms with Gasteiger partial charge < -0.3 is 5.73 Å². The Morgan fingerprint density at radius 1 is 1.39 bits per heavy atom. The first-order valence-corrected chi connectivity index (χ1v) is 7.57. The van der Waals surface area contributed by atoms with Gasteiger partial charge in [-0.05, 0) is 31.7 Å². The average molecular weight is 270 g/mol. The Morgan fingerprint density at radius 2 is 2.17 bits per heavy atom. The van der Waals surface area contributed by atoms with Crippen LogP contribution in [0.1, 0.15) is 57.1 Å². The van der Waals surface area contributed by atoms with Crippen LogP contribution in [-0.2, 0) is 6.54 Å². The van der Waals surface area contributed by atoms with E-state index < -0.39 is 0 Å². The lowest BCUT2D eigenvalue weighted by Gasteiger charge is -2.25. The molecule has 0 aromatic carbocycles. The summed E-state index contributed by atoms with van der Waals surface area (Å²) >= 11 is 6.37. The quantitative estimate of drug-likeness (QED) is 0.850. The van der Waals surface area contributed by atoms with Crippen LogP contribution in [0.3, 0.4) is 0 Å². The molecule has 0 bridgehead atoms. The van der Waals surface area contributed by atoms with Crippen molar-refractivity contribution in [2.24, 2.45) is 11.7 Å². The zero-order valence-corrected chi connectivity index (χ0v) is 12.0. The van der Waals surface area contributed by atoms with Crippen LogP contribution in [-0.4, -0.2) is 16.3 Å². The highest BCUT2D eigenvalue weighted by atomic mass is 35.5. The Hall–Kier alpha value is -0.540. The van der Waals surface area contributed by atoms with E-state index in [4.69, 9.17) is 17.3 Å². The largest absolute Gasteiger partial charge is 0.330 e. The zero-order chi connectivity index (χ0) is 13.0. The molecule has 1 aliphatic rings. The molecule has 3 nitrogen and oxygen atoms in total. The number of halogens is 1. The highest BCUT2D eigenvalue weighted by Gasteiger charge is 2.28. The fourth-order valence-electron chi connectivity index (χ4n) is 3.16. The van der Waals surface area contributed by atoms with E-state index >= 15 is 0 Å². The highest BCUT2D eigenvalue weighted by molar-refractivity contribution is 6.31. The maximum atomic E-state index is 6.37. The molecule has 0 spiro atoms. The van der Waals surface area contributed by atoms with Gasteiger partial charge >= 0.3 is 0 Å². The van der Waals surface area contributed by atoms with Crippen molar-refractivity contribution in [3.05, 3.63) is 16.9 Å². The molecule has 1 aromatic rings. The molecule has 102 valence electrons. The Labute approximate surface area is 115 Å². The normalized spacial score (nSPS) is 25.1. The summed E-state index contributed by atoms with van der Waals surface area (Å²) in [6, 6.07) is 0. The molecule has 1 saturated carbocycles. The van der Waals surface area contributed by atoms with E-state index in [0.717, 1.165) is 24.5 Å².